The van der Waals surface area contributed by atoms with E-state index in [-0.39, 0.29) is 0 Å². The van der Waals surface area contributed by atoms with Crippen molar-refractivity contribution < 1.29 is 4.74 Å². The summed E-state index contributed by atoms with van der Waals surface area (Å²) in [7, 11) is 1.77. The van der Waals surface area contributed by atoms with Crippen molar-refractivity contribution in [2.75, 3.05) is 13.7 Å². The normalized spacial score (nSPS) is 36.8. The third-order valence-corrected chi connectivity index (χ3v) is 1.77. The maximum Gasteiger partial charge on any atom is 0.0848 e. The zero-order chi connectivity index (χ0) is 5.98. The van der Waals surface area contributed by atoms with Crippen molar-refractivity contribution in [2.45, 2.75) is 25.5 Å². The number of rotatable bonds is 2. The van der Waals surface area contributed by atoms with E-state index in [9.17, 15) is 0 Å². The summed E-state index contributed by atoms with van der Waals surface area (Å²) < 4.78 is 5.13. The molecule has 0 amide bonds. The summed E-state index contributed by atoms with van der Waals surface area (Å²) in [5, 5.41) is 3.27. The van der Waals surface area contributed by atoms with Gasteiger partial charge in [0.25, 0.3) is 0 Å². The van der Waals surface area contributed by atoms with Crippen LogP contribution in [0.2, 0.25) is 0 Å². The minimum atomic E-state index is 0.486. The van der Waals surface area contributed by atoms with E-state index in [0.29, 0.717) is 12.1 Å². The third-order valence-electron chi connectivity index (χ3n) is 1.77. The van der Waals surface area contributed by atoms with Crippen LogP contribution in [0.4, 0.5) is 0 Å². The van der Waals surface area contributed by atoms with Crippen molar-refractivity contribution in [3.05, 3.63) is 0 Å². The zero-order valence-corrected chi connectivity index (χ0v) is 5.48. The number of methoxy groups -OCH3 is 1. The first-order chi connectivity index (χ1) is 3.88. The van der Waals surface area contributed by atoms with Crippen LogP contribution in [-0.4, -0.2) is 25.8 Å². The van der Waals surface area contributed by atoms with Gasteiger partial charge in [0, 0.05) is 19.7 Å². The van der Waals surface area contributed by atoms with Gasteiger partial charge in [0.2, 0.25) is 0 Å². The van der Waals surface area contributed by atoms with Crippen molar-refractivity contribution in [1.29, 1.82) is 0 Å². The summed E-state index contributed by atoms with van der Waals surface area (Å²) in [6, 6.07) is 0.625. The summed E-state index contributed by atoms with van der Waals surface area (Å²) >= 11 is 0. The molecule has 48 valence electrons. The molecule has 0 radical (unpaired) electrons. The first-order valence-electron chi connectivity index (χ1n) is 3.14. The van der Waals surface area contributed by atoms with Gasteiger partial charge in [0.15, 0.2) is 0 Å². The molecule has 1 N–H and O–H groups in total. The second kappa shape index (κ2) is 2.46. The van der Waals surface area contributed by atoms with Crippen molar-refractivity contribution in [3.8, 4) is 0 Å². The highest BCUT2D eigenvalue weighted by Crippen LogP contribution is 2.09. The predicted molar refractivity (Wildman–Crippen MR) is 32.9 cm³/mol. The van der Waals surface area contributed by atoms with Gasteiger partial charge in [0.05, 0.1) is 6.10 Å². The monoisotopic (exact) mass is 115 g/mol. The Morgan fingerprint density at radius 3 is 2.62 bits per heavy atom. The molecule has 2 nitrogen and oxygen atoms in total. The molecule has 0 aromatic carbocycles. The zero-order valence-electron chi connectivity index (χ0n) is 5.48. The molecule has 0 aliphatic carbocycles. The van der Waals surface area contributed by atoms with Gasteiger partial charge < -0.3 is 10.1 Å². The molecule has 0 aromatic rings. The van der Waals surface area contributed by atoms with Crippen molar-refractivity contribution in [2.24, 2.45) is 0 Å². The smallest absolute Gasteiger partial charge is 0.0848 e. The second-order valence-corrected chi connectivity index (χ2v) is 2.20. The van der Waals surface area contributed by atoms with Crippen molar-refractivity contribution in [3.63, 3.8) is 0 Å². The number of ether oxygens (including phenoxy) is 1. The quantitative estimate of drug-likeness (QED) is 0.562. The summed E-state index contributed by atoms with van der Waals surface area (Å²) in [6.07, 6.45) is 1.67. The van der Waals surface area contributed by atoms with E-state index in [2.05, 4.69) is 12.2 Å². The molecular weight excluding hydrogens is 102 g/mol. The van der Waals surface area contributed by atoms with Gasteiger partial charge in [-0.25, -0.2) is 0 Å². The molecule has 8 heavy (non-hydrogen) atoms. The van der Waals surface area contributed by atoms with E-state index >= 15 is 0 Å². The lowest BCUT2D eigenvalue weighted by atomic mass is 10.0. The second-order valence-electron chi connectivity index (χ2n) is 2.20. The topological polar surface area (TPSA) is 21.3 Å². The molecule has 2 heteroatoms. The largest absolute Gasteiger partial charge is 0.379 e. The molecule has 1 aliphatic heterocycles. The van der Waals surface area contributed by atoms with E-state index in [1.54, 1.807) is 7.11 Å². The summed E-state index contributed by atoms with van der Waals surface area (Å²) in [6.45, 7) is 3.21. The average Bonchev–Trinajstić information content (AvgIpc) is 1.66. The summed E-state index contributed by atoms with van der Waals surface area (Å²) in [5.74, 6) is 0. The van der Waals surface area contributed by atoms with E-state index in [1.807, 2.05) is 0 Å². The lowest BCUT2D eigenvalue weighted by molar-refractivity contribution is 0.0148. The highest BCUT2D eigenvalue weighted by Gasteiger charge is 2.27. The fraction of sp³-hybridized carbons (Fsp3) is 1.00. The van der Waals surface area contributed by atoms with Gasteiger partial charge in [-0.15, -0.1) is 0 Å². The number of hydrogen-bond donors (Lipinski definition) is 1. The highest BCUT2D eigenvalue weighted by atomic mass is 16.5. The van der Waals surface area contributed by atoms with E-state index in [1.165, 1.54) is 6.42 Å². The minimum absolute atomic E-state index is 0.486. The van der Waals surface area contributed by atoms with E-state index in [0.717, 1.165) is 6.54 Å². The van der Waals surface area contributed by atoms with Gasteiger partial charge in [0.1, 0.15) is 0 Å². The van der Waals surface area contributed by atoms with Gasteiger partial charge in [-0.1, -0.05) is 6.92 Å². The Labute approximate surface area is 50.2 Å². The van der Waals surface area contributed by atoms with Crippen LogP contribution in [0, 0.1) is 0 Å². The molecule has 2 atom stereocenters. The lowest BCUT2D eigenvalue weighted by Crippen LogP contribution is -2.57. The Bertz CT molecular complexity index is 60.9. The fourth-order valence-electron chi connectivity index (χ4n) is 1.04. The molecule has 1 fully saturated rings. The molecule has 0 aromatic heterocycles. The molecule has 1 aliphatic rings. The molecule has 0 bridgehead atoms. The SMILES string of the molecule is CCC1NCC1OC. The van der Waals surface area contributed by atoms with Crippen LogP contribution in [-0.2, 0) is 4.74 Å². The van der Waals surface area contributed by atoms with Crippen LogP contribution < -0.4 is 5.32 Å². The van der Waals surface area contributed by atoms with Crippen molar-refractivity contribution >= 4 is 0 Å². The van der Waals surface area contributed by atoms with Crippen LogP contribution in [0.5, 0.6) is 0 Å². The number of hydrogen-bond acceptors (Lipinski definition) is 2. The van der Waals surface area contributed by atoms with Gasteiger partial charge in [-0.05, 0) is 6.42 Å². The highest BCUT2D eigenvalue weighted by molar-refractivity contribution is 4.87. The first kappa shape index (κ1) is 6.05. The molecule has 1 heterocycles. The maximum absolute atomic E-state index is 5.13. The lowest BCUT2D eigenvalue weighted by Gasteiger charge is -2.36. The van der Waals surface area contributed by atoms with Gasteiger partial charge >= 0.3 is 0 Å². The molecule has 0 saturated carbocycles. The van der Waals surface area contributed by atoms with Gasteiger partial charge in [-0.3, -0.25) is 0 Å². The summed E-state index contributed by atoms with van der Waals surface area (Å²) in [5.41, 5.74) is 0. The molecule has 1 rings (SSSR count). The maximum atomic E-state index is 5.13. The Morgan fingerprint density at radius 1 is 1.75 bits per heavy atom. The Morgan fingerprint density at radius 2 is 2.50 bits per heavy atom. The molecule has 0 spiro atoms. The molecular formula is C6H13NO. The third kappa shape index (κ3) is 0.858. The predicted octanol–water partition coefficient (Wildman–Crippen LogP) is 0.383. The first-order valence-corrected chi connectivity index (χ1v) is 3.14. The molecule has 2 unspecified atom stereocenters. The van der Waals surface area contributed by atoms with E-state index in [4.69, 9.17) is 4.74 Å². The summed E-state index contributed by atoms with van der Waals surface area (Å²) in [4.78, 5) is 0. The van der Waals surface area contributed by atoms with Crippen LogP contribution in [0.3, 0.4) is 0 Å². The Balaban J connectivity index is 2.16. The Kier molecular flexibility index (Phi) is 1.86. The van der Waals surface area contributed by atoms with Crippen LogP contribution in [0.25, 0.3) is 0 Å². The van der Waals surface area contributed by atoms with Crippen LogP contribution in [0.15, 0.2) is 0 Å². The van der Waals surface area contributed by atoms with Crippen molar-refractivity contribution in [1.82, 2.24) is 5.32 Å². The van der Waals surface area contributed by atoms with Gasteiger partial charge in [-0.2, -0.15) is 0 Å². The van der Waals surface area contributed by atoms with E-state index < -0.39 is 0 Å². The van der Waals surface area contributed by atoms with Crippen LogP contribution >= 0.6 is 0 Å². The Hall–Kier alpha value is -0.0800. The number of nitrogens with one attached hydrogen (secondary N) is 1. The minimum Gasteiger partial charge on any atom is -0.379 e. The standard InChI is InChI=1S/C6H13NO/c1-3-5-6(8-2)4-7-5/h5-7H,3-4H2,1-2H3. The molecule has 1 saturated heterocycles. The average molecular weight is 115 g/mol. The van der Waals surface area contributed by atoms with Crippen LogP contribution in [0.1, 0.15) is 13.3 Å². The fourth-order valence-corrected chi connectivity index (χ4v) is 1.04.